The molecule has 6 nitrogen and oxygen atoms in total. The number of nitrogens with two attached hydrogens (primary N) is 1. The van der Waals surface area contributed by atoms with Crippen LogP contribution in [-0.2, 0) is 16.9 Å². The van der Waals surface area contributed by atoms with Crippen LogP contribution in [0.15, 0.2) is 53.7 Å². The molecule has 0 saturated heterocycles. The largest absolute Gasteiger partial charge is 0.465 e. The number of rotatable bonds is 6. The number of carbonyl (C=O) groups is 1. The van der Waals surface area contributed by atoms with Crippen LogP contribution < -0.4 is 5.73 Å². The van der Waals surface area contributed by atoms with E-state index in [0.29, 0.717) is 34.2 Å². The van der Waals surface area contributed by atoms with Crippen molar-refractivity contribution in [2.45, 2.75) is 24.3 Å². The Hall–Kier alpha value is -3.37. The number of nitriles is 1. The molecule has 1 heterocycles. The predicted molar refractivity (Wildman–Crippen MR) is 112 cm³/mol. The molecule has 2 aromatic carbocycles. The van der Waals surface area contributed by atoms with Crippen LogP contribution in [0.4, 0.5) is 5.82 Å². The van der Waals surface area contributed by atoms with Gasteiger partial charge in [-0.1, -0.05) is 53.7 Å². The van der Waals surface area contributed by atoms with Crippen molar-refractivity contribution in [2.75, 3.05) is 12.8 Å². The highest BCUT2D eigenvalue weighted by atomic mass is 32.2. The number of ether oxygens (including phenoxy) is 1. The number of esters is 1. The molecule has 0 atom stereocenters. The molecule has 0 aliphatic rings. The molecule has 0 saturated carbocycles. The summed E-state index contributed by atoms with van der Waals surface area (Å²) in [5.41, 5.74) is 10.7. The summed E-state index contributed by atoms with van der Waals surface area (Å²) < 4.78 is 4.71. The van der Waals surface area contributed by atoms with Gasteiger partial charge in [-0.2, -0.15) is 5.26 Å². The Morgan fingerprint density at radius 1 is 1.17 bits per heavy atom. The fourth-order valence-electron chi connectivity index (χ4n) is 2.84. The minimum atomic E-state index is -0.367. The molecule has 29 heavy (non-hydrogen) atoms. The van der Waals surface area contributed by atoms with Gasteiger partial charge in [-0.3, -0.25) is 0 Å². The Bertz CT molecular complexity index is 1080. The Kier molecular flexibility index (Phi) is 6.47. The summed E-state index contributed by atoms with van der Waals surface area (Å²) in [6.45, 7) is 2.02. The molecule has 1 aromatic heterocycles. The highest BCUT2D eigenvalue weighted by Crippen LogP contribution is 2.24. The first-order chi connectivity index (χ1) is 14.0. The molecule has 0 amide bonds. The van der Waals surface area contributed by atoms with Crippen LogP contribution >= 0.6 is 11.8 Å². The lowest BCUT2D eigenvalue weighted by atomic mass is 10.0. The Morgan fingerprint density at radius 3 is 2.59 bits per heavy atom. The van der Waals surface area contributed by atoms with Crippen LogP contribution in [0.25, 0.3) is 0 Å². The average Bonchev–Trinajstić information content (AvgIpc) is 2.72. The summed E-state index contributed by atoms with van der Waals surface area (Å²) in [7, 11) is 1.35. The number of nitrogen functional groups attached to an aromatic ring is 1. The van der Waals surface area contributed by atoms with E-state index in [1.807, 2.05) is 37.3 Å². The second-order valence-corrected chi connectivity index (χ2v) is 7.41. The van der Waals surface area contributed by atoms with Crippen LogP contribution in [0, 0.1) is 18.3 Å². The molecule has 3 rings (SSSR count). The van der Waals surface area contributed by atoms with Gasteiger partial charge in [0.05, 0.1) is 18.4 Å². The highest BCUT2D eigenvalue weighted by Gasteiger charge is 2.14. The molecular weight excluding hydrogens is 384 g/mol. The van der Waals surface area contributed by atoms with Crippen LogP contribution in [0.5, 0.6) is 0 Å². The fourth-order valence-corrected chi connectivity index (χ4v) is 3.66. The van der Waals surface area contributed by atoms with Crippen LogP contribution in [0.2, 0.25) is 0 Å². The monoisotopic (exact) mass is 404 g/mol. The molecule has 7 heteroatoms. The molecule has 0 bridgehead atoms. The summed E-state index contributed by atoms with van der Waals surface area (Å²) >= 11 is 1.43. The van der Waals surface area contributed by atoms with E-state index in [-0.39, 0.29) is 11.8 Å². The summed E-state index contributed by atoms with van der Waals surface area (Å²) in [5, 5.41) is 9.98. The third kappa shape index (κ3) is 5.12. The zero-order chi connectivity index (χ0) is 20.8. The third-order valence-corrected chi connectivity index (χ3v) is 5.22. The van der Waals surface area contributed by atoms with Gasteiger partial charge in [-0.05, 0) is 30.2 Å². The van der Waals surface area contributed by atoms with Crippen LogP contribution in [0.3, 0.4) is 0 Å². The Labute approximate surface area is 173 Å². The quantitative estimate of drug-likeness (QED) is 0.377. The van der Waals surface area contributed by atoms with Gasteiger partial charge in [-0.15, -0.1) is 0 Å². The van der Waals surface area contributed by atoms with Gasteiger partial charge in [0.25, 0.3) is 0 Å². The Balaban J connectivity index is 1.78. The summed E-state index contributed by atoms with van der Waals surface area (Å²) in [4.78, 5) is 20.4. The molecule has 0 aliphatic heterocycles. The number of carbonyl (C=O) groups excluding carboxylic acids is 1. The highest BCUT2D eigenvalue weighted by molar-refractivity contribution is 7.98. The number of aromatic nitrogens is 2. The molecule has 3 aromatic rings. The molecule has 0 spiro atoms. The molecule has 0 unspecified atom stereocenters. The van der Waals surface area contributed by atoms with Gasteiger partial charge in [0.1, 0.15) is 17.5 Å². The van der Waals surface area contributed by atoms with E-state index in [1.54, 1.807) is 12.1 Å². The van der Waals surface area contributed by atoms with E-state index in [4.69, 9.17) is 10.5 Å². The van der Waals surface area contributed by atoms with Gasteiger partial charge in [0.2, 0.25) is 0 Å². The van der Waals surface area contributed by atoms with Gasteiger partial charge >= 0.3 is 5.97 Å². The van der Waals surface area contributed by atoms with Crippen molar-refractivity contribution < 1.29 is 9.53 Å². The molecule has 2 N–H and O–H groups in total. The number of methoxy groups -OCH3 is 1. The van der Waals surface area contributed by atoms with Crippen molar-refractivity contribution in [1.29, 1.82) is 5.26 Å². The van der Waals surface area contributed by atoms with Crippen LogP contribution in [0.1, 0.15) is 38.3 Å². The van der Waals surface area contributed by atoms with Crippen molar-refractivity contribution in [3.8, 4) is 6.07 Å². The van der Waals surface area contributed by atoms with Crippen molar-refractivity contribution >= 4 is 23.5 Å². The molecule has 0 fully saturated rings. The van der Waals surface area contributed by atoms with Crippen molar-refractivity contribution in [1.82, 2.24) is 9.97 Å². The first-order valence-electron chi connectivity index (χ1n) is 8.92. The van der Waals surface area contributed by atoms with Gasteiger partial charge in [0, 0.05) is 12.2 Å². The number of aryl methyl sites for hydroxylation is 1. The zero-order valence-corrected chi connectivity index (χ0v) is 17.0. The number of nitrogens with zero attached hydrogens (tertiary/aromatic N) is 3. The first kappa shape index (κ1) is 20.4. The van der Waals surface area contributed by atoms with Crippen LogP contribution in [-0.4, -0.2) is 23.0 Å². The lowest BCUT2D eigenvalue weighted by Gasteiger charge is -2.09. The second-order valence-electron chi connectivity index (χ2n) is 6.47. The van der Waals surface area contributed by atoms with E-state index in [9.17, 15) is 10.1 Å². The standard InChI is InChI=1S/C22H20N4O2S/c1-14-4-3-5-16(10-14)11-19-18(12-23)20(24)26-22(25-19)29-13-15-6-8-17(9-7-15)21(27)28-2/h3-10H,11,13H2,1-2H3,(H2,24,25,26). The molecular formula is C22H20N4O2S. The molecule has 0 radical (unpaired) electrons. The minimum absolute atomic E-state index is 0.189. The lowest BCUT2D eigenvalue weighted by Crippen LogP contribution is -2.06. The van der Waals surface area contributed by atoms with E-state index >= 15 is 0 Å². The van der Waals surface area contributed by atoms with E-state index in [1.165, 1.54) is 18.9 Å². The maximum atomic E-state index is 11.5. The lowest BCUT2D eigenvalue weighted by molar-refractivity contribution is 0.0600. The second kappa shape index (κ2) is 9.22. The summed E-state index contributed by atoms with van der Waals surface area (Å²) in [5.74, 6) is 0.429. The van der Waals surface area contributed by atoms with Gasteiger partial charge < -0.3 is 10.5 Å². The normalized spacial score (nSPS) is 10.4. The smallest absolute Gasteiger partial charge is 0.337 e. The maximum Gasteiger partial charge on any atom is 0.337 e. The van der Waals surface area contributed by atoms with E-state index in [2.05, 4.69) is 22.1 Å². The topological polar surface area (TPSA) is 102 Å². The number of benzene rings is 2. The maximum absolute atomic E-state index is 11.5. The zero-order valence-electron chi connectivity index (χ0n) is 16.2. The summed E-state index contributed by atoms with van der Waals surface area (Å²) in [6.07, 6.45) is 0.513. The SMILES string of the molecule is COC(=O)c1ccc(CSc2nc(N)c(C#N)c(Cc3cccc(C)c3)n2)cc1. The van der Waals surface area contributed by atoms with Gasteiger partial charge in [0.15, 0.2) is 5.16 Å². The van der Waals surface area contributed by atoms with Crippen molar-refractivity contribution in [2.24, 2.45) is 0 Å². The number of thioether (sulfide) groups is 1. The predicted octanol–water partition coefficient (Wildman–Crippen LogP) is 3.91. The minimum Gasteiger partial charge on any atom is -0.465 e. The van der Waals surface area contributed by atoms with Crippen molar-refractivity contribution in [3.05, 3.63) is 82.0 Å². The average molecular weight is 404 g/mol. The molecule has 0 aliphatic carbocycles. The third-order valence-electron chi connectivity index (χ3n) is 4.30. The van der Waals surface area contributed by atoms with Crippen molar-refractivity contribution in [3.63, 3.8) is 0 Å². The Morgan fingerprint density at radius 2 is 1.93 bits per heavy atom. The van der Waals surface area contributed by atoms with Gasteiger partial charge in [-0.25, -0.2) is 14.8 Å². The molecule has 146 valence electrons. The van der Waals surface area contributed by atoms with E-state index < -0.39 is 0 Å². The fraction of sp³-hybridized carbons (Fsp3) is 0.182. The number of hydrogen-bond donors (Lipinski definition) is 1. The van der Waals surface area contributed by atoms with E-state index in [0.717, 1.165) is 16.7 Å². The number of anilines is 1. The number of hydrogen-bond acceptors (Lipinski definition) is 7. The summed E-state index contributed by atoms with van der Waals surface area (Å²) in [6, 6.07) is 17.4. The first-order valence-corrected chi connectivity index (χ1v) is 9.90.